The Bertz CT molecular complexity index is 1020. The summed E-state index contributed by atoms with van der Waals surface area (Å²) in [4.78, 5) is 20.0. The molecule has 0 spiro atoms. The van der Waals surface area contributed by atoms with E-state index in [4.69, 9.17) is 23.1 Å². The van der Waals surface area contributed by atoms with Gasteiger partial charge in [-0.2, -0.15) is 0 Å². The van der Waals surface area contributed by atoms with Gasteiger partial charge in [-0.3, -0.25) is 4.79 Å². The van der Waals surface area contributed by atoms with Gasteiger partial charge in [-0.05, 0) is 18.4 Å². The SMILES string of the molecule is C[N+](C)(CCCCNS(=O)(=O)Cc1ccccc1)CCNC(=O)c1nc(Cl)c(N)nc1N.[Br-]. The van der Waals surface area contributed by atoms with Crippen LogP contribution in [0.2, 0.25) is 5.15 Å². The summed E-state index contributed by atoms with van der Waals surface area (Å²) in [7, 11) is 0.732. The minimum Gasteiger partial charge on any atom is -1.00 e. The number of hydrogen-bond donors (Lipinski definition) is 4. The number of quaternary nitrogens is 1. The van der Waals surface area contributed by atoms with Gasteiger partial charge in [0.05, 0.1) is 39.5 Å². The lowest BCUT2D eigenvalue weighted by molar-refractivity contribution is -0.889. The van der Waals surface area contributed by atoms with Crippen LogP contribution in [0.5, 0.6) is 0 Å². The van der Waals surface area contributed by atoms with Crippen LogP contribution in [-0.4, -0.2) is 69.1 Å². The van der Waals surface area contributed by atoms with Gasteiger partial charge in [0.1, 0.15) is 0 Å². The predicted octanol–water partition coefficient (Wildman–Crippen LogP) is -2.00. The molecule has 33 heavy (non-hydrogen) atoms. The van der Waals surface area contributed by atoms with Gasteiger partial charge in [-0.25, -0.2) is 23.1 Å². The Balaban J connectivity index is 0.00000544. The molecule has 0 saturated heterocycles. The maximum absolute atomic E-state index is 12.3. The second-order valence-electron chi connectivity index (χ2n) is 8.12. The fourth-order valence-electron chi connectivity index (χ4n) is 3.01. The zero-order chi connectivity index (χ0) is 23.8. The average Bonchev–Trinajstić information content (AvgIpc) is 2.70. The second kappa shape index (κ2) is 13.0. The third-order valence-electron chi connectivity index (χ3n) is 4.83. The van der Waals surface area contributed by atoms with Gasteiger partial charge in [0.25, 0.3) is 5.91 Å². The van der Waals surface area contributed by atoms with E-state index in [1.165, 1.54) is 0 Å². The number of carbonyl (C=O) groups is 1. The summed E-state index contributed by atoms with van der Waals surface area (Å²) in [5.74, 6) is -0.595. The van der Waals surface area contributed by atoms with E-state index in [0.717, 1.165) is 24.9 Å². The molecule has 0 unspecified atom stereocenters. The third kappa shape index (κ3) is 10.2. The van der Waals surface area contributed by atoms with Gasteiger partial charge in [0, 0.05) is 6.54 Å². The number of sulfonamides is 1. The van der Waals surface area contributed by atoms with E-state index in [0.29, 0.717) is 24.1 Å². The number of unbranched alkanes of at least 4 members (excludes halogenated alkanes) is 1. The van der Waals surface area contributed by atoms with Crippen molar-refractivity contribution in [3.8, 4) is 0 Å². The quantitative estimate of drug-likeness (QED) is 0.172. The van der Waals surface area contributed by atoms with E-state index in [1.807, 2.05) is 32.3 Å². The fraction of sp³-hybridized carbons (Fsp3) is 0.450. The summed E-state index contributed by atoms with van der Waals surface area (Å²) in [6.07, 6.45) is 1.55. The zero-order valence-electron chi connectivity index (χ0n) is 18.7. The average molecular weight is 565 g/mol. The largest absolute Gasteiger partial charge is 1.00 e. The smallest absolute Gasteiger partial charge is 0.273 e. The Morgan fingerprint density at radius 3 is 2.36 bits per heavy atom. The number of hydrogen-bond acceptors (Lipinski definition) is 7. The highest BCUT2D eigenvalue weighted by atomic mass is 79.9. The fourth-order valence-corrected chi connectivity index (χ4v) is 4.33. The minimum atomic E-state index is -3.35. The monoisotopic (exact) mass is 563 g/mol. The molecule has 2 rings (SSSR count). The second-order valence-corrected chi connectivity index (χ2v) is 10.3. The number of likely N-dealkylation sites (N-methyl/N-ethyl adjacent to an activating group) is 1. The summed E-state index contributed by atoms with van der Waals surface area (Å²) in [5, 5.41) is 2.69. The summed E-state index contributed by atoms with van der Waals surface area (Å²) in [6.45, 7) is 2.29. The zero-order valence-corrected chi connectivity index (χ0v) is 21.9. The number of rotatable bonds is 12. The van der Waals surface area contributed by atoms with E-state index in [-0.39, 0.29) is 45.2 Å². The summed E-state index contributed by atoms with van der Waals surface area (Å²) >= 11 is 5.81. The van der Waals surface area contributed by atoms with Crippen LogP contribution in [0.4, 0.5) is 11.6 Å². The molecule has 1 amide bonds. The molecule has 0 aliphatic heterocycles. The molecule has 0 aliphatic carbocycles. The molecule has 1 aromatic carbocycles. The highest BCUT2D eigenvalue weighted by Gasteiger charge is 2.19. The number of anilines is 2. The first-order valence-corrected chi connectivity index (χ1v) is 12.2. The number of amides is 1. The van der Waals surface area contributed by atoms with Crippen molar-refractivity contribution in [1.29, 1.82) is 0 Å². The molecule has 13 heteroatoms. The lowest BCUT2D eigenvalue weighted by Gasteiger charge is -2.30. The third-order valence-corrected chi connectivity index (χ3v) is 6.47. The highest BCUT2D eigenvalue weighted by molar-refractivity contribution is 7.88. The van der Waals surface area contributed by atoms with E-state index in [9.17, 15) is 13.2 Å². The normalized spacial score (nSPS) is 11.6. The van der Waals surface area contributed by atoms with Gasteiger partial charge in [-0.1, -0.05) is 41.9 Å². The Morgan fingerprint density at radius 2 is 1.70 bits per heavy atom. The van der Waals surface area contributed by atoms with E-state index >= 15 is 0 Å². The van der Waals surface area contributed by atoms with Gasteiger partial charge in [-0.15, -0.1) is 0 Å². The molecule has 10 nitrogen and oxygen atoms in total. The number of benzene rings is 1. The van der Waals surface area contributed by atoms with Crippen molar-refractivity contribution in [2.75, 3.05) is 51.7 Å². The van der Waals surface area contributed by atoms with Crippen molar-refractivity contribution >= 4 is 39.2 Å². The number of nitrogens with one attached hydrogen (secondary N) is 2. The molecular formula is C20H31BrClN7O3S. The van der Waals surface area contributed by atoms with Crippen LogP contribution in [0.1, 0.15) is 28.9 Å². The summed E-state index contributed by atoms with van der Waals surface area (Å²) in [6, 6.07) is 9.08. The molecule has 0 fully saturated rings. The molecule has 1 heterocycles. The first kappa shape index (κ1) is 29.0. The Labute approximate surface area is 210 Å². The van der Waals surface area contributed by atoms with Gasteiger partial charge >= 0.3 is 0 Å². The van der Waals surface area contributed by atoms with E-state index in [2.05, 4.69) is 20.0 Å². The molecule has 0 radical (unpaired) electrons. The van der Waals surface area contributed by atoms with Crippen LogP contribution in [-0.2, 0) is 15.8 Å². The maximum atomic E-state index is 12.3. The molecule has 0 aliphatic rings. The van der Waals surface area contributed by atoms with Crippen LogP contribution in [0.25, 0.3) is 0 Å². The van der Waals surface area contributed by atoms with Crippen molar-refractivity contribution < 1.29 is 34.7 Å². The first-order valence-electron chi connectivity index (χ1n) is 10.2. The Morgan fingerprint density at radius 1 is 1.03 bits per heavy atom. The molecule has 6 N–H and O–H groups in total. The van der Waals surface area contributed by atoms with E-state index in [1.54, 1.807) is 12.1 Å². The van der Waals surface area contributed by atoms with Crippen LogP contribution in [0.3, 0.4) is 0 Å². The molecule has 2 aromatic rings. The van der Waals surface area contributed by atoms with Gasteiger partial charge in [0.15, 0.2) is 22.5 Å². The van der Waals surface area contributed by atoms with Crippen molar-refractivity contribution in [2.24, 2.45) is 0 Å². The lowest BCUT2D eigenvalue weighted by Crippen LogP contribution is -3.00. The molecular weight excluding hydrogens is 534 g/mol. The number of halogens is 2. The molecule has 0 atom stereocenters. The number of nitrogens with two attached hydrogens (primary N) is 2. The van der Waals surface area contributed by atoms with Crippen molar-refractivity contribution in [1.82, 2.24) is 20.0 Å². The van der Waals surface area contributed by atoms with E-state index < -0.39 is 15.9 Å². The molecule has 0 bridgehead atoms. The number of nitrogens with zero attached hydrogens (tertiary/aromatic N) is 3. The predicted molar refractivity (Wildman–Crippen MR) is 126 cm³/mol. The highest BCUT2D eigenvalue weighted by Crippen LogP contribution is 2.17. The van der Waals surface area contributed by atoms with Crippen LogP contribution in [0, 0.1) is 0 Å². The van der Waals surface area contributed by atoms with Crippen LogP contribution in [0.15, 0.2) is 30.3 Å². The standard InChI is InChI=1S/C20H30ClN7O3S.BrH/c1-28(2,13-11-24-20(29)16-18(22)27-19(23)17(21)26-16)12-7-6-10-25-32(30,31)14-15-8-4-3-5-9-15;/h3-5,8-9,25H,6-7,10-14H2,1-2H3,(H4-,22,23,24,27,29);1H. The summed E-state index contributed by atoms with van der Waals surface area (Å²) < 4.78 is 27.6. The minimum absolute atomic E-state index is 0. The molecule has 1 aromatic heterocycles. The number of nitrogen functional groups attached to an aromatic ring is 2. The first-order chi connectivity index (χ1) is 15.0. The molecule has 0 saturated carbocycles. The van der Waals surface area contributed by atoms with Crippen LogP contribution < -0.4 is 38.5 Å². The Hall–Kier alpha value is -1.99. The topological polar surface area (TPSA) is 153 Å². The Kier molecular flexibility index (Phi) is 11.5. The maximum Gasteiger partial charge on any atom is 0.273 e. The van der Waals surface area contributed by atoms with Crippen LogP contribution >= 0.6 is 11.6 Å². The van der Waals surface area contributed by atoms with Crippen molar-refractivity contribution in [3.63, 3.8) is 0 Å². The van der Waals surface area contributed by atoms with Gasteiger partial charge in [0.2, 0.25) is 10.0 Å². The van der Waals surface area contributed by atoms with Crippen molar-refractivity contribution in [3.05, 3.63) is 46.7 Å². The van der Waals surface area contributed by atoms with Crippen molar-refractivity contribution in [2.45, 2.75) is 18.6 Å². The number of aromatic nitrogens is 2. The lowest BCUT2D eigenvalue weighted by atomic mass is 10.2. The molecule has 184 valence electrons. The summed E-state index contributed by atoms with van der Waals surface area (Å²) in [5.41, 5.74) is 11.9. The number of carbonyl (C=O) groups excluding carboxylic acids is 1. The van der Waals surface area contributed by atoms with Gasteiger partial charge < -0.3 is 38.2 Å².